The Balaban J connectivity index is 0. The fraction of sp³-hybridized carbons (Fsp3) is 0.917. The van der Waals surface area contributed by atoms with E-state index in [0.29, 0.717) is 0 Å². The first-order valence-corrected chi connectivity index (χ1v) is 6.31. The molecule has 2 unspecified atom stereocenters. The molecule has 0 rings (SSSR count). The zero-order valence-corrected chi connectivity index (χ0v) is 11.8. The van der Waals surface area contributed by atoms with Gasteiger partial charge in [-0.25, -0.2) is 0 Å². The second-order valence-corrected chi connectivity index (χ2v) is 4.21. The van der Waals surface area contributed by atoms with Gasteiger partial charge in [0.2, 0.25) is 0 Å². The van der Waals surface area contributed by atoms with E-state index < -0.39 is 18.1 Å². The molecule has 17 heavy (non-hydrogen) atoms. The minimum absolute atomic E-state index is 0.979. The monoisotopic (exact) mass is 249 g/mol. The van der Waals surface area contributed by atoms with E-state index >= 15 is 0 Å². The van der Waals surface area contributed by atoms with Crippen LogP contribution in [0.15, 0.2) is 0 Å². The van der Waals surface area contributed by atoms with Crippen molar-refractivity contribution in [2.45, 2.75) is 46.8 Å². The molecule has 0 saturated carbocycles. The van der Waals surface area contributed by atoms with E-state index in [9.17, 15) is 4.79 Å². The van der Waals surface area contributed by atoms with Crippen molar-refractivity contribution in [3.05, 3.63) is 0 Å². The lowest BCUT2D eigenvalue weighted by atomic mass is 10.2. The summed E-state index contributed by atoms with van der Waals surface area (Å²) in [5.74, 6) is -1.18. The number of nitrogens with two attached hydrogens (primary N) is 1. The Labute approximate surface area is 105 Å². The predicted molar refractivity (Wildman–Crippen MR) is 69.7 cm³/mol. The van der Waals surface area contributed by atoms with Crippen LogP contribution in [0.4, 0.5) is 0 Å². The summed E-state index contributed by atoms with van der Waals surface area (Å²) in [4.78, 5) is 9.86. The van der Waals surface area contributed by atoms with Crippen molar-refractivity contribution in [2.24, 2.45) is 5.73 Å². The lowest BCUT2D eigenvalue weighted by Crippen LogP contribution is -2.47. The molecule has 0 aromatic heterocycles. The maximum absolute atomic E-state index is 9.86. The molecule has 0 radical (unpaired) electrons. The van der Waals surface area contributed by atoms with Crippen LogP contribution in [0, 0.1) is 0 Å². The molecule has 0 bridgehead atoms. The molecular formula is C12H29N2O3+. The van der Waals surface area contributed by atoms with Crippen LogP contribution in [0.25, 0.3) is 0 Å². The molecule has 5 heteroatoms. The van der Waals surface area contributed by atoms with Crippen LogP contribution in [0.5, 0.6) is 0 Å². The summed E-state index contributed by atoms with van der Waals surface area (Å²) < 4.78 is 1.28. The summed E-state index contributed by atoms with van der Waals surface area (Å²) in [7, 11) is 0. The number of carboxylic acid groups (broad SMARTS) is 1. The first-order chi connectivity index (χ1) is 7.80. The smallest absolute Gasteiger partial charge is 0.323 e. The number of rotatable bonds is 6. The minimum atomic E-state index is -1.18. The van der Waals surface area contributed by atoms with Gasteiger partial charge in [0, 0.05) is 0 Å². The highest BCUT2D eigenvalue weighted by atomic mass is 16.4. The summed E-state index contributed by atoms with van der Waals surface area (Å²) in [5, 5.41) is 16.6. The van der Waals surface area contributed by atoms with E-state index in [1.807, 2.05) is 0 Å². The molecular weight excluding hydrogens is 220 g/mol. The van der Waals surface area contributed by atoms with Gasteiger partial charge in [-0.1, -0.05) is 0 Å². The van der Waals surface area contributed by atoms with Gasteiger partial charge in [0.1, 0.15) is 6.04 Å². The zero-order valence-electron chi connectivity index (χ0n) is 11.8. The standard InChI is InChI=1S/C8H20N.C4H9NO3/c1-5-9(6-2,7-3)8-4;1-2(6)3(5)4(7)8/h5-8H2,1-4H3;2-3,6H,5H2,1H3,(H,7,8)/q+1;. The van der Waals surface area contributed by atoms with E-state index in [-0.39, 0.29) is 0 Å². The van der Waals surface area contributed by atoms with Crippen molar-refractivity contribution >= 4 is 5.97 Å². The number of hydrogen-bond acceptors (Lipinski definition) is 3. The number of carboxylic acids is 1. The maximum atomic E-state index is 9.86. The van der Waals surface area contributed by atoms with Gasteiger partial charge >= 0.3 is 5.97 Å². The number of aliphatic hydroxyl groups is 1. The Bertz CT molecular complexity index is 186. The molecule has 0 spiro atoms. The number of nitrogens with zero attached hydrogens (tertiary/aromatic N) is 1. The largest absolute Gasteiger partial charge is 0.480 e. The lowest BCUT2D eigenvalue weighted by Gasteiger charge is -2.34. The Kier molecular flexibility index (Phi) is 10.3. The Hall–Kier alpha value is -0.650. The van der Waals surface area contributed by atoms with Gasteiger partial charge < -0.3 is 20.4 Å². The first kappa shape index (κ1) is 18.7. The van der Waals surface area contributed by atoms with Gasteiger partial charge in [-0.05, 0) is 34.6 Å². The summed E-state index contributed by atoms with van der Waals surface area (Å²) in [6, 6.07) is -1.16. The highest BCUT2D eigenvalue weighted by Crippen LogP contribution is 2.03. The van der Waals surface area contributed by atoms with Gasteiger partial charge in [0.15, 0.2) is 0 Å². The number of quaternary nitrogens is 1. The van der Waals surface area contributed by atoms with Crippen LogP contribution in [-0.4, -0.2) is 59.0 Å². The van der Waals surface area contributed by atoms with Crippen molar-refractivity contribution in [3.63, 3.8) is 0 Å². The van der Waals surface area contributed by atoms with E-state index in [1.165, 1.54) is 37.6 Å². The number of aliphatic carboxylic acids is 1. The normalized spacial score (nSPS) is 14.5. The van der Waals surface area contributed by atoms with Crippen molar-refractivity contribution in [1.29, 1.82) is 0 Å². The van der Waals surface area contributed by atoms with Crippen molar-refractivity contribution < 1.29 is 19.5 Å². The fourth-order valence-corrected chi connectivity index (χ4v) is 1.55. The van der Waals surface area contributed by atoms with E-state index in [1.54, 1.807) is 0 Å². The van der Waals surface area contributed by atoms with Gasteiger partial charge in [-0.2, -0.15) is 0 Å². The minimum Gasteiger partial charge on any atom is -0.480 e. The predicted octanol–water partition coefficient (Wildman–Crippen LogP) is 0.662. The fourth-order valence-electron chi connectivity index (χ4n) is 1.55. The third-order valence-electron chi connectivity index (χ3n) is 3.49. The van der Waals surface area contributed by atoms with E-state index in [0.717, 1.165) is 0 Å². The average molecular weight is 249 g/mol. The van der Waals surface area contributed by atoms with Crippen LogP contribution in [-0.2, 0) is 4.79 Å². The molecule has 0 amide bonds. The van der Waals surface area contributed by atoms with Crippen LogP contribution in [0.1, 0.15) is 34.6 Å². The molecule has 2 atom stereocenters. The second kappa shape index (κ2) is 9.39. The second-order valence-electron chi connectivity index (χ2n) is 4.21. The highest BCUT2D eigenvalue weighted by Gasteiger charge is 2.16. The van der Waals surface area contributed by atoms with Crippen LogP contribution in [0.2, 0.25) is 0 Å². The number of hydrogen-bond donors (Lipinski definition) is 3. The van der Waals surface area contributed by atoms with Gasteiger partial charge in [0.05, 0.1) is 32.3 Å². The molecule has 5 nitrogen and oxygen atoms in total. The molecule has 0 aromatic rings. The van der Waals surface area contributed by atoms with Gasteiger partial charge in [0.25, 0.3) is 0 Å². The zero-order chi connectivity index (χ0) is 14.1. The van der Waals surface area contributed by atoms with Crippen molar-refractivity contribution in [3.8, 4) is 0 Å². The Morgan fingerprint density at radius 3 is 1.41 bits per heavy atom. The summed E-state index contributed by atoms with van der Waals surface area (Å²) >= 11 is 0. The molecule has 104 valence electrons. The third-order valence-corrected chi connectivity index (χ3v) is 3.49. The quantitative estimate of drug-likeness (QED) is 0.604. The molecule has 0 heterocycles. The molecule has 0 fully saturated rings. The van der Waals surface area contributed by atoms with Crippen LogP contribution < -0.4 is 5.73 Å². The Morgan fingerprint density at radius 2 is 1.41 bits per heavy atom. The maximum Gasteiger partial charge on any atom is 0.323 e. The molecule has 0 aromatic carbocycles. The van der Waals surface area contributed by atoms with Gasteiger partial charge in [-0.15, -0.1) is 0 Å². The molecule has 0 saturated heterocycles. The van der Waals surface area contributed by atoms with Gasteiger partial charge in [-0.3, -0.25) is 4.79 Å². The van der Waals surface area contributed by atoms with Crippen LogP contribution >= 0.6 is 0 Å². The van der Waals surface area contributed by atoms with Crippen molar-refractivity contribution in [1.82, 2.24) is 0 Å². The topological polar surface area (TPSA) is 83.5 Å². The van der Waals surface area contributed by atoms with Crippen LogP contribution in [0.3, 0.4) is 0 Å². The first-order valence-electron chi connectivity index (χ1n) is 6.31. The van der Waals surface area contributed by atoms with Crippen molar-refractivity contribution in [2.75, 3.05) is 26.2 Å². The average Bonchev–Trinajstić information content (AvgIpc) is 2.32. The SMILES string of the molecule is CC(O)C(N)C(=O)O.CC[N+](CC)(CC)CC. The number of carbonyl (C=O) groups is 1. The molecule has 4 N–H and O–H groups in total. The summed E-state index contributed by atoms with van der Waals surface area (Å²) in [6.45, 7) is 15.6. The lowest BCUT2D eigenvalue weighted by molar-refractivity contribution is -0.921. The molecule has 0 aliphatic rings. The Morgan fingerprint density at radius 1 is 1.12 bits per heavy atom. The highest BCUT2D eigenvalue weighted by molar-refractivity contribution is 5.73. The molecule has 0 aliphatic heterocycles. The summed E-state index contributed by atoms with van der Waals surface area (Å²) in [5.41, 5.74) is 4.91. The molecule has 0 aliphatic carbocycles. The van der Waals surface area contributed by atoms with E-state index in [4.69, 9.17) is 15.9 Å². The third kappa shape index (κ3) is 7.31. The number of aliphatic hydroxyl groups excluding tert-OH is 1. The van der Waals surface area contributed by atoms with E-state index in [2.05, 4.69) is 27.7 Å². The summed E-state index contributed by atoms with van der Waals surface area (Å²) in [6.07, 6.45) is -0.979.